The van der Waals surface area contributed by atoms with Crippen molar-refractivity contribution < 1.29 is 19.1 Å². The average Bonchev–Trinajstić information content (AvgIpc) is 3.29. The number of carbonyl (C=O) groups excluding carboxylic acids is 2. The highest BCUT2D eigenvalue weighted by Crippen LogP contribution is 2.27. The smallest absolute Gasteiger partial charge is 0.261 e. The summed E-state index contributed by atoms with van der Waals surface area (Å²) in [5.41, 5.74) is 0.697. The van der Waals surface area contributed by atoms with Gasteiger partial charge in [-0.15, -0.1) is 0 Å². The minimum atomic E-state index is -0.698. The number of benzene rings is 2. The summed E-state index contributed by atoms with van der Waals surface area (Å²) in [6.45, 7) is 1.63. The van der Waals surface area contributed by atoms with Crippen LogP contribution in [0.5, 0.6) is 11.5 Å². The Morgan fingerprint density at radius 2 is 1.81 bits per heavy atom. The summed E-state index contributed by atoms with van der Waals surface area (Å²) in [5.74, 6) is 0.458. The fourth-order valence-electron chi connectivity index (χ4n) is 3.77. The van der Waals surface area contributed by atoms with Crippen LogP contribution in [-0.4, -0.2) is 42.5 Å². The molecule has 1 saturated carbocycles. The summed E-state index contributed by atoms with van der Waals surface area (Å²) in [5, 5.41) is 4.01. The highest BCUT2D eigenvalue weighted by Gasteiger charge is 2.29. The van der Waals surface area contributed by atoms with Crippen molar-refractivity contribution in [1.29, 1.82) is 0 Å². The molecule has 2 amide bonds. The van der Waals surface area contributed by atoms with E-state index in [2.05, 4.69) is 5.32 Å². The number of hydrogen-bond acceptors (Lipinski definition) is 4. The third-order valence-electron chi connectivity index (χ3n) is 5.64. The monoisotopic (exact) mass is 478 g/mol. The lowest BCUT2D eigenvalue weighted by Gasteiger charge is -2.30. The molecule has 1 unspecified atom stereocenters. The Bertz CT molecular complexity index is 947. The summed E-state index contributed by atoms with van der Waals surface area (Å²) < 4.78 is 11.0. The Labute approximate surface area is 198 Å². The number of halogens is 2. The van der Waals surface area contributed by atoms with Gasteiger partial charge in [-0.2, -0.15) is 0 Å². The fourth-order valence-corrected chi connectivity index (χ4v) is 4.24. The summed E-state index contributed by atoms with van der Waals surface area (Å²) in [4.78, 5) is 27.6. The molecule has 0 aliphatic heterocycles. The van der Waals surface area contributed by atoms with Crippen LogP contribution in [0.1, 0.15) is 38.2 Å². The molecule has 0 bridgehead atoms. The number of methoxy groups -OCH3 is 1. The van der Waals surface area contributed by atoms with Crippen molar-refractivity contribution in [1.82, 2.24) is 10.2 Å². The molecule has 1 aliphatic carbocycles. The zero-order valence-corrected chi connectivity index (χ0v) is 19.8. The largest absolute Gasteiger partial charge is 0.493 e. The third-order valence-corrected chi connectivity index (χ3v) is 6.23. The van der Waals surface area contributed by atoms with E-state index < -0.39 is 6.04 Å². The molecular formula is C24H28Cl2N2O4. The molecular weight excluding hydrogens is 451 g/mol. The van der Waals surface area contributed by atoms with Crippen LogP contribution in [-0.2, 0) is 16.1 Å². The highest BCUT2D eigenvalue weighted by molar-refractivity contribution is 6.35. The third kappa shape index (κ3) is 6.30. The van der Waals surface area contributed by atoms with Crippen molar-refractivity contribution in [2.75, 3.05) is 13.7 Å². The number of rotatable bonds is 9. The molecule has 1 N–H and O–H groups in total. The summed E-state index contributed by atoms with van der Waals surface area (Å²) in [7, 11) is 1.54. The molecule has 2 aromatic carbocycles. The van der Waals surface area contributed by atoms with Gasteiger partial charge in [-0.05, 0) is 49.6 Å². The standard InChI is InChI=1S/C24H28Cl2N2O4/c1-16(24(30)27-19-7-3-4-8-19)28(14-17-11-12-18(25)13-20(17)26)23(29)15-32-22-10-6-5-9-21(22)31-2/h5-6,9-13,16,19H,3-4,7-8,14-15H2,1-2H3,(H,27,30). The van der Waals surface area contributed by atoms with E-state index in [4.69, 9.17) is 32.7 Å². The lowest BCUT2D eigenvalue weighted by atomic mass is 10.1. The first-order valence-electron chi connectivity index (χ1n) is 10.7. The average molecular weight is 479 g/mol. The van der Waals surface area contributed by atoms with Gasteiger partial charge in [0, 0.05) is 22.6 Å². The van der Waals surface area contributed by atoms with Crippen LogP contribution in [0.3, 0.4) is 0 Å². The number of nitrogens with zero attached hydrogens (tertiary/aromatic N) is 1. The number of ether oxygens (including phenoxy) is 2. The Kier molecular flexibility index (Phi) is 8.65. The predicted octanol–water partition coefficient (Wildman–Crippen LogP) is 4.86. The minimum Gasteiger partial charge on any atom is -0.493 e. The van der Waals surface area contributed by atoms with E-state index in [0.717, 1.165) is 25.7 Å². The van der Waals surface area contributed by atoms with Gasteiger partial charge in [0.2, 0.25) is 5.91 Å². The molecule has 32 heavy (non-hydrogen) atoms. The maximum Gasteiger partial charge on any atom is 0.261 e. The summed E-state index contributed by atoms with van der Waals surface area (Å²) >= 11 is 12.4. The second kappa shape index (κ2) is 11.4. The van der Waals surface area contributed by atoms with Crippen molar-refractivity contribution in [3.63, 3.8) is 0 Å². The first-order chi connectivity index (χ1) is 15.4. The normalized spacial score (nSPS) is 14.6. The molecule has 2 aromatic rings. The number of para-hydroxylation sites is 2. The second-order valence-corrected chi connectivity index (χ2v) is 8.71. The van der Waals surface area contributed by atoms with Gasteiger partial charge < -0.3 is 19.7 Å². The SMILES string of the molecule is COc1ccccc1OCC(=O)N(Cc1ccc(Cl)cc1Cl)C(C)C(=O)NC1CCCC1. The van der Waals surface area contributed by atoms with Crippen LogP contribution in [0.4, 0.5) is 0 Å². The van der Waals surface area contributed by atoms with E-state index in [0.29, 0.717) is 27.1 Å². The van der Waals surface area contributed by atoms with Gasteiger partial charge in [0.25, 0.3) is 5.91 Å². The van der Waals surface area contributed by atoms with Gasteiger partial charge in [0.05, 0.1) is 7.11 Å². The molecule has 172 valence electrons. The van der Waals surface area contributed by atoms with Crippen LogP contribution in [0, 0.1) is 0 Å². The van der Waals surface area contributed by atoms with Gasteiger partial charge in [-0.1, -0.05) is 54.2 Å². The quantitative estimate of drug-likeness (QED) is 0.558. The highest BCUT2D eigenvalue weighted by atomic mass is 35.5. The number of hydrogen-bond donors (Lipinski definition) is 1. The van der Waals surface area contributed by atoms with E-state index in [1.54, 1.807) is 43.3 Å². The second-order valence-electron chi connectivity index (χ2n) is 7.86. The van der Waals surface area contributed by atoms with E-state index in [1.807, 2.05) is 6.07 Å². The van der Waals surface area contributed by atoms with Crippen LogP contribution in [0.25, 0.3) is 0 Å². The maximum absolute atomic E-state index is 13.2. The molecule has 0 radical (unpaired) electrons. The molecule has 8 heteroatoms. The molecule has 0 saturated heterocycles. The lowest BCUT2D eigenvalue weighted by molar-refractivity contribution is -0.142. The first kappa shape index (κ1) is 24.2. The lowest BCUT2D eigenvalue weighted by Crippen LogP contribution is -2.50. The summed E-state index contributed by atoms with van der Waals surface area (Å²) in [6, 6.07) is 11.6. The van der Waals surface area contributed by atoms with Gasteiger partial charge in [0.1, 0.15) is 6.04 Å². The topological polar surface area (TPSA) is 67.9 Å². The van der Waals surface area contributed by atoms with E-state index >= 15 is 0 Å². The number of nitrogens with one attached hydrogen (secondary N) is 1. The van der Waals surface area contributed by atoms with E-state index in [-0.39, 0.29) is 31.0 Å². The molecule has 1 aliphatic rings. The van der Waals surface area contributed by atoms with Gasteiger partial charge in [-0.25, -0.2) is 0 Å². The molecule has 0 spiro atoms. The van der Waals surface area contributed by atoms with Crippen LogP contribution >= 0.6 is 23.2 Å². The molecule has 0 aromatic heterocycles. The maximum atomic E-state index is 13.2. The predicted molar refractivity (Wildman–Crippen MR) is 125 cm³/mol. The fraction of sp³-hybridized carbons (Fsp3) is 0.417. The summed E-state index contributed by atoms with van der Waals surface area (Å²) in [6.07, 6.45) is 4.14. The van der Waals surface area contributed by atoms with Crippen LogP contribution < -0.4 is 14.8 Å². The van der Waals surface area contributed by atoms with Gasteiger partial charge in [0.15, 0.2) is 18.1 Å². The van der Waals surface area contributed by atoms with Crippen molar-refractivity contribution in [2.45, 2.75) is 51.2 Å². The molecule has 1 atom stereocenters. The Morgan fingerprint density at radius 3 is 2.47 bits per heavy atom. The minimum absolute atomic E-state index is 0.156. The first-order valence-corrected chi connectivity index (χ1v) is 11.4. The van der Waals surface area contributed by atoms with Gasteiger partial charge >= 0.3 is 0 Å². The van der Waals surface area contributed by atoms with E-state index in [9.17, 15) is 9.59 Å². The van der Waals surface area contributed by atoms with Crippen LogP contribution in [0.2, 0.25) is 10.0 Å². The van der Waals surface area contributed by atoms with Gasteiger partial charge in [-0.3, -0.25) is 9.59 Å². The zero-order valence-electron chi connectivity index (χ0n) is 18.3. The number of amides is 2. The molecule has 1 fully saturated rings. The Hall–Kier alpha value is -2.44. The van der Waals surface area contributed by atoms with Crippen molar-refractivity contribution >= 4 is 35.0 Å². The molecule has 3 rings (SSSR count). The Balaban J connectivity index is 1.76. The van der Waals surface area contributed by atoms with Crippen molar-refractivity contribution in [3.05, 3.63) is 58.1 Å². The van der Waals surface area contributed by atoms with E-state index in [1.165, 1.54) is 12.0 Å². The Morgan fingerprint density at radius 1 is 1.12 bits per heavy atom. The molecule has 6 nitrogen and oxygen atoms in total. The van der Waals surface area contributed by atoms with Crippen molar-refractivity contribution in [2.24, 2.45) is 0 Å². The van der Waals surface area contributed by atoms with Crippen LogP contribution in [0.15, 0.2) is 42.5 Å². The molecule has 0 heterocycles. The zero-order chi connectivity index (χ0) is 23.1. The number of carbonyl (C=O) groups is 2. The van der Waals surface area contributed by atoms with Crippen molar-refractivity contribution in [3.8, 4) is 11.5 Å².